The molecule has 1 aliphatic heterocycles. The Kier molecular flexibility index (Phi) is 6.75. The summed E-state index contributed by atoms with van der Waals surface area (Å²) < 4.78 is 0. The van der Waals surface area contributed by atoms with Gasteiger partial charge in [-0.25, -0.2) is 4.79 Å². The summed E-state index contributed by atoms with van der Waals surface area (Å²) in [4.78, 5) is 17.9. The molecule has 2 aromatic rings. The molecule has 1 saturated heterocycles. The van der Waals surface area contributed by atoms with Crippen LogP contribution in [0.2, 0.25) is 0 Å². The lowest BCUT2D eigenvalue weighted by Gasteiger charge is -2.34. The number of carbonyl (C=O) groups is 1. The lowest BCUT2D eigenvalue weighted by molar-refractivity contribution is 0.156. The number of urea groups is 1. The van der Waals surface area contributed by atoms with Crippen LogP contribution in [0, 0.1) is 0 Å². The lowest BCUT2D eigenvalue weighted by atomic mass is 10.2. The normalized spacial score (nSPS) is 15.3. The summed E-state index contributed by atoms with van der Waals surface area (Å²) in [6.07, 6.45) is 6.39. The topological polar surface area (TPSA) is 35.6 Å². The van der Waals surface area contributed by atoms with Gasteiger partial charge in [-0.15, -0.1) is 11.8 Å². The van der Waals surface area contributed by atoms with Crippen LogP contribution in [0.15, 0.2) is 65.6 Å². The molecular weight excluding hydrogens is 342 g/mol. The summed E-state index contributed by atoms with van der Waals surface area (Å²) in [6, 6.07) is 18.3. The number of anilines is 1. The molecule has 1 fully saturated rings. The first kappa shape index (κ1) is 18.5. The highest BCUT2D eigenvalue weighted by Crippen LogP contribution is 2.18. The van der Waals surface area contributed by atoms with Crippen LogP contribution in [0.3, 0.4) is 0 Å². The first-order valence-corrected chi connectivity index (χ1v) is 10.1. The van der Waals surface area contributed by atoms with Crippen LogP contribution < -0.4 is 5.32 Å². The van der Waals surface area contributed by atoms with Gasteiger partial charge in [0.1, 0.15) is 0 Å². The van der Waals surface area contributed by atoms with Crippen molar-refractivity contribution in [2.75, 3.05) is 44.3 Å². The van der Waals surface area contributed by atoms with Gasteiger partial charge in [0.2, 0.25) is 0 Å². The second-order valence-corrected chi connectivity index (χ2v) is 7.14. The van der Waals surface area contributed by atoms with E-state index in [1.807, 2.05) is 53.6 Å². The Labute approximate surface area is 159 Å². The van der Waals surface area contributed by atoms with Crippen molar-refractivity contribution in [2.24, 2.45) is 0 Å². The molecule has 136 valence electrons. The summed E-state index contributed by atoms with van der Waals surface area (Å²) in [5.41, 5.74) is 2.07. The van der Waals surface area contributed by atoms with Gasteiger partial charge in [0.05, 0.1) is 0 Å². The van der Waals surface area contributed by atoms with E-state index in [4.69, 9.17) is 0 Å². The van der Waals surface area contributed by atoms with Gasteiger partial charge in [-0.2, -0.15) is 0 Å². The Hall–Kier alpha value is -2.24. The van der Waals surface area contributed by atoms with Crippen molar-refractivity contribution < 1.29 is 4.79 Å². The molecular formula is C21H25N3OS. The quantitative estimate of drug-likeness (QED) is 0.802. The molecule has 0 atom stereocenters. The van der Waals surface area contributed by atoms with Crippen LogP contribution in [0.4, 0.5) is 10.5 Å². The number of amides is 2. The Morgan fingerprint density at radius 1 is 1.04 bits per heavy atom. The maximum atomic E-state index is 12.4. The second kappa shape index (κ2) is 9.46. The third kappa shape index (κ3) is 5.38. The minimum absolute atomic E-state index is 0.0126. The molecule has 0 unspecified atom stereocenters. The molecule has 0 spiro atoms. The highest BCUT2D eigenvalue weighted by atomic mass is 32.2. The van der Waals surface area contributed by atoms with E-state index in [1.54, 1.807) is 11.8 Å². The Morgan fingerprint density at radius 3 is 2.38 bits per heavy atom. The van der Waals surface area contributed by atoms with Crippen LogP contribution in [-0.2, 0) is 0 Å². The van der Waals surface area contributed by atoms with Gasteiger partial charge in [-0.1, -0.05) is 42.5 Å². The highest BCUT2D eigenvalue weighted by Gasteiger charge is 2.20. The average molecular weight is 368 g/mol. The molecule has 1 aliphatic rings. The number of hydrogen-bond acceptors (Lipinski definition) is 3. The van der Waals surface area contributed by atoms with Crippen LogP contribution in [0.1, 0.15) is 5.56 Å². The van der Waals surface area contributed by atoms with Gasteiger partial charge < -0.3 is 10.2 Å². The minimum atomic E-state index is -0.0126. The fourth-order valence-electron chi connectivity index (χ4n) is 2.91. The summed E-state index contributed by atoms with van der Waals surface area (Å²) >= 11 is 1.70. The molecule has 0 aromatic heterocycles. The van der Waals surface area contributed by atoms with Gasteiger partial charge in [-0.05, 0) is 36.1 Å². The van der Waals surface area contributed by atoms with Gasteiger partial charge in [-0.3, -0.25) is 4.90 Å². The molecule has 4 nitrogen and oxygen atoms in total. The third-order valence-corrected chi connectivity index (χ3v) is 5.22. The monoisotopic (exact) mass is 367 g/mol. The molecule has 5 heteroatoms. The Morgan fingerprint density at radius 2 is 1.73 bits per heavy atom. The first-order chi connectivity index (χ1) is 12.7. The van der Waals surface area contributed by atoms with Gasteiger partial charge in [0, 0.05) is 43.3 Å². The smallest absolute Gasteiger partial charge is 0.321 e. The molecule has 1 heterocycles. The van der Waals surface area contributed by atoms with Crippen molar-refractivity contribution >= 4 is 29.6 Å². The number of hydrogen-bond donors (Lipinski definition) is 1. The number of piperazine rings is 1. The van der Waals surface area contributed by atoms with Gasteiger partial charge >= 0.3 is 6.03 Å². The molecule has 0 bridgehead atoms. The van der Waals surface area contributed by atoms with E-state index in [-0.39, 0.29) is 6.03 Å². The number of carbonyl (C=O) groups excluding carboxylic acids is 1. The zero-order valence-electron chi connectivity index (χ0n) is 15.1. The standard InChI is InChI=1S/C21H25N3OS/c1-26-20-11-9-19(10-12-20)22-21(25)24-16-14-23(15-17-24)13-5-8-18-6-3-2-4-7-18/h2-12H,13-17H2,1H3,(H,22,25). The first-order valence-electron chi connectivity index (χ1n) is 8.88. The fraction of sp³-hybridized carbons (Fsp3) is 0.286. The molecule has 1 N–H and O–H groups in total. The maximum absolute atomic E-state index is 12.4. The molecule has 0 radical (unpaired) electrons. The Bertz CT molecular complexity index is 723. The van der Waals surface area contributed by atoms with Gasteiger partial charge in [0.25, 0.3) is 0 Å². The SMILES string of the molecule is CSc1ccc(NC(=O)N2CCN(CC=Cc3ccccc3)CC2)cc1. The van der Waals surface area contributed by atoms with Crippen LogP contribution in [-0.4, -0.2) is 54.8 Å². The predicted molar refractivity (Wildman–Crippen MR) is 111 cm³/mol. The van der Waals surface area contributed by atoms with Crippen molar-refractivity contribution in [3.8, 4) is 0 Å². The van der Waals surface area contributed by atoms with E-state index < -0.39 is 0 Å². The molecule has 26 heavy (non-hydrogen) atoms. The number of thioether (sulfide) groups is 1. The third-order valence-electron chi connectivity index (χ3n) is 4.47. The van der Waals surface area contributed by atoms with Crippen LogP contribution in [0.25, 0.3) is 6.08 Å². The maximum Gasteiger partial charge on any atom is 0.321 e. The highest BCUT2D eigenvalue weighted by molar-refractivity contribution is 7.98. The second-order valence-electron chi connectivity index (χ2n) is 6.26. The summed E-state index contributed by atoms with van der Waals surface area (Å²) in [5.74, 6) is 0. The fourth-order valence-corrected chi connectivity index (χ4v) is 3.32. The summed E-state index contributed by atoms with van der Waals surface area (Å²) in [5, 5.41) is 2.99. The number of nitrogens with zero attached hydrogens (tertiary/aromatic N) is 2. The van der Waals surface area contributed by atoms with E-state index in [2.05, 4.69) is 34.5 Å². The molecule has 0 saturated carbocycles. The molecule has 0 aliphatic carbocycles. The largest absolute Gasteiger partial charge is 0.322 e. The van der Waals surface area contributed by atoms with Crippen LogP contribution in [0.5, 0.6) is 0 Å². The summed E-state index contributed by atoms with van der Waals surface area (Å²) in [7, 11) is 0. The number of rotatable bonds is 5. The number of nitrogens with one attached hydrogen (secondary N) is 1. The van der Waals surface area contributed by atoms with E-state index in [0.717, 1.165) is 38.4 Å². The van der Waals surface area contributed by atoms with E-state index >= 15 is 0 Å². The lowest BCUT2D eigenvalue weighted by Crippen LogP contribution is -2.49. The average Bonchev–Trinajstić information content (AvgIpc) is 2.70. The van der Waals surface area contributed by atoms with E-state index in [9.17, 15) is 4.79 Å². The van der Waals surface area contributed by atoms with Crippen molar-refractivity contribution in [1.29, 1.82) is 0 Å². The summed E-state index contributed by atoms with van der Waals surface area (Å²) in [6.45, 7) is 4.23. The predicted octanol–water partition coefficient (Wildman–Crippen LogP) is 4.27. The van der Waals surface area contributed by atoms with Crippen molar-refractivity contribution in [3.63, 3.8) is 0 Å². The van der Waals surface area contributed by atoms with E-state index in [1.165, 1.54) is 10.5 Å². The molecule has 3 rings (SSSR count). The van der Waals surface area contributed by atoms with Crippen molar-refractivity contribution in [2.45, 2.75) is 4.90 Å². The van der Waals surface area contributed by atoms with Crippen LogP contribution >= 0.6 is 11.8 Å². The minimum Gasteiger partial charge on any atom is -0.322 e. The zero-order chi connectivity index (χ0) is 18.2. The number of benzene rings is 2. The van der Waals surface area contributed by atoms with Crippen molar-refractivity contribution in [1.82, 2.24) is 9.80 Å². The molecule has 2 aromatic carbocycles. The molecule has 2 amide bonds. The van der Waals surface area contributed by atoms with Crippen molar-refractivity contribution in [3.05, 3.63) is 66.2 Å². The van der Waals surface area contributed by atoms with Gasteiger partial charge in [0.15, 0.2) is 0 Å². The zero-order valence-corrected chi connectivity index (χ0v) is 15.9. The Balaban J connectivity index is 1.42. The van der Waals surface area contributed by atoms with E-state index in [0.29, 0.717) is 0 Å².